The van der Waals surface area contributed by atoms with E-state index in [4.69, 9.17) is 12.2 Å². The van der Waals surface area contributed by atoms with Crippen LogP contribution in [0.15, 0.2) is 30.3 Å². The van der Waals surface area contributed by atoms with Gasteiger partial charge in [0, 0.05) is 6.54 Å². The maximum atomic E-state index is 13.0. The first-order chi connectivity index (χ1) is 10.6. The lowest BCUT2D eigenvalue weighted by atomic mass is 9.97. The van der Waals surface area contributed by atoms with Crippen molar-refractivity contribution in [1.29, 1.82) is 0 Å². The van der Waals surface area contributed by atoms with Crippen LogP contribution in [-0.4, -0.2) is 28.5 Å². The Morgan fingerprint density at radius 2 is 1.86 bits per heavy atom. The second-order valence-corrected chi connectivity index (χ2v) is 6.39. The molecule has 1 fully saturated rings. The SMILES string of the molecule is CCCCCN1C(=S)N(c2ccccc2)C(=O)[C@@H]1[C@@H](C)CC. The van der Waals surface area contributed by atoms with Gasteiger partial charge in [0.25, 0.3) is 5.91 Å². The van der Waals surface area contributed by atoms with Gasteiger partial charge in [-0.2, -0.15) is 0 Å². The molecule has 0 spiro atoms. The molecule has 1 aliphatic heterocycles. The van der Waals surface area contributed by atoms with Gasteiger partial charge < -0.3 is 4.90 Å². The molecule has 1 aromatic rings. The van der Waals surface area contributed by atoms with E-state index in [1.54, 1.807) is 4.90 Å². The third kappa shape index (κ3) is 3.32. The zero-order valence-electron chi connectivity index (χ0n) is 13.8. The predicted molar refractivity (Wildman–Crippen MR) is 96.0 cm³/mol. The zero-order valence-corrected chi connectivity index (χ0v) is 14.6. The molecule has 0 aromatic heterocycles. The average molecular weight is 318 g/mol. The van der Waals surface area contributed by atoms with Crippen molar-refractivity contribution in [2.24, 2.45) is 5.92 Å². The van der Waals surface area contributed by atoms with E-state index in [-0.39, 0.29) is 11.9 Å². The van der Waals surface area contributed by atoms with E-state index < -0.39 is 0 Å². The summed E-state index contributed by atoms with van der Waals surface area (Å²) in [7, 11) is 0. The molecule has 22 heavy (non-hydrogen) atoms. The number of amides is 1. The van der Waals surface area contributed by atoms with Crippen LogP contribution in [0.1, 0.15) is 46.5 Å². The normalized spacial score (nSPS) is 19.9. The Bertz CT molecular complexity index is 517. The molecule has 1 amide bonds. The van der Waals surface area contributed by atoms with Crippen LogP contribution >= 0.6 is 12.2 Å². The van der Waals surface area contributed by atoms with Crippen molar-refractivity contribution in [3.05, 3.63) is 30.3 Å². The molecule has 120 valence electrons. The number of thiocarbonyl (C=S) groups is 1. The van der Waals surface area contributed by atoms with Crippen LogP contribution in [0, 0.1) is 5.92 Å². The van der Waals surface area contributed by atoms with Crippen molar-refractivity contribution < 1.29 is 4.79 Å². The van der Waals surface area contributed by atoms with Crippen molar-refractivity contribution in [3.8, 4) is 0 Å². The lowest BCUT2D eigenvalue weighted by Crippen LogP contribution is -2.40. The maximum Gasteiger partial charge on any atom is 0.256 e. The minimum atomic E-state index is -0.116. The van der Waals surface area contributed by atoms with Crippen LogP contribution < -0.4 is 4.90 Å². The molecule has 2 rings (SSSR count). The Morgan fingerprint density at radius 1 is 1.18 bits per heavy atom. The molecule has 0 unspecified atom stereocenters. The number of rotatable bonds is 7. The first-order valence-corrected chi connectivity index (χ1v) is 8.72. The molecular formula is C18H26N2OS. The van der Waals surface area contributed by atoms with Crippen LogP contribution in [0.25, 0.3) is 0 Å². The van der Waals surface area contributed by atoms with Crippen LogP contribution in [0.5, 0.6) is 0 Å². The van der Waals surface area contributed by atoms with E-state index in [9.17, 15) is 4.79 Å². The quantitative estimate of drug-likeness (QED) is 0.555. The van der Waals surface area contributed by atoms with Crippen LogP contribution in [0.4, 0.5) is 5.69 Å². The fraction of sp³-hybridized carbons (Fsp3) is 0.556. The monoisotopic (exact) mass is 318 g/mol. The third-order valence-corrected chi connectivity index (χ3v) is 4.86. The van der Waals surface area contributed by atoms with E-state index >= 15 is 0 Å². The number of unbranched alkanes of at least 4 members (excludes halogenated alkanes) is 2. The molecule has 0 radical (unpaired) electrons. The molecule has 0 saturated carbocycles. The highest BCUT2D eigenvalue weighted by Gasteiger charge is 2.44. The summed E-state index contributed by atoms with van der Waals surface area (Å²) in [5, 5.41) is 0.664. The first kappa shape index (κ1) is 16.9. The van der Waals surface area contributed by atoms with Gasteiger partial charge in [0.1, 0.15) is 6.04 Å². The fourth-order valence-corrected chi connectivity index (χ4v) is 3.36. The van der Waals surface area contributed by atoms with Crippen LogP contribution in [-0.2, 0) is 4.79 Å². The smallest absolute Gasteiger partial charge is 0.256 e. The summed E-state index contributed by atoms with van der Waals surface area (Å²) in [4.78, 5) is 16.8. The van der Waals surface area contributed by atoms with E-state index in [2.05, 4.69) is 25.7 Å². The number of para-hydroxylation sites is 1. The summed E-state index contributed by atoms with van der Waals surface area (Å²) in [6.45, 7) is 7.34. The lowest BCUT2D eigenvalue weighted by Gasteiger charge is -2.27. The molecule has 1 heterocycles. The number of hydrogen-bond acceptors (Lipinski definition) is 2. The van der Waals surface area contributed by atoms with Crippen molar-refractivity contribution in [1.82, 2.24) is 4.90 Å². The van der Waals surface area contributed by atoms with E-state index in [0.29, 0.717) is 11.0 Å². The number of carbonyl (C=O) groups excluding carboxylic acids is 1. The molecule has 0 bridgehead atoms. The van der Waals surface area contributed by atoms with E-state index in [0.717, 1.165) is 25.1 Å². The van der Waals surface area contributed by atoms with Gasteiger partial charge in [-0.05, 0) is 36.7 Å². The predicted octanol–water partition coefficient (Wildman–Crippen LogP) is 4.23. The second-order valence-electron chi connectivity index (χ2n) is 6.02. The second kappa shape index (κ2) is 7.73. The van der Waals surface area contributed by atoms with Crippen molar-refractivity contribution in [3.63, 3.8) is 0 Å². The van der Waals surface area contributed by atoms with Crippen LogP contribution in [0.3, 0.4) is 0 Å². The zero-order chi connectivity index (χ0) is 16.1. The van der Waals surface area contributed by atoms with E-state index in [1.165, 1.54) is 12.8 Å². The summed E-state index contributed by atoms with van der Waals surface area (Å²) >= 11 is 5.65. The lowest BCUT2D eigenvalue weighted by molar-refractivity contribution is -0.121. The van der Waals surface area contributed by atoms with Gasteiger partial charge in [-0.15, -0.1) is 0 Å². The molecule has 3 nitrogen and oxygen atoms in total. The number of nitrogens with zero attached hydrogens (tertiary/aromatic N) is 2. The number of hydrogen-bond donors (Lipinski definition) is 0. The summed E-state index contributed by atoms with van der Waals surface area (Å²) in [5.74, 6) is 0.433. The Kier molecular flexibility index (Phi) is 5.95. The van der Waals surface area contributed by atoms with E-state index in [1.807, 2.05) is 30.3 Å². The van der Waals surface area contributed by atoms with Crippen molar-refractivity contribution in [2.75, 3.05) is 11.4 Å². The van der Waals surface area contributed by atoms with Gasteiger partial charge in [-0.25, -0.2) is 0 Å². The summed E-state index contributed by atoms with van der Waals surface area (Å²) in [6, 6.07) is 9.64. The molecule has 0 N–H and O–H groups in total. The third-order valence-electron chi connectivity index (χ3n) is 4.45. The maximum absolute atomic E-state index is 13.0. The Balaban J connectivity index is 2.27. The summed E-state index contributed by atoms with van der Waals surface area (Å²) in [6.07, 6.45) is 4.40. The van der Waals surface area contributed by atoms with Gasteiger partial charge in [-0.1, -0.05) is 58.2 Å². The molecular weight excluding hydrogens is 292 g/mol. The molecule has 4 heteroatoms. The summed E-state index contributed by atoms with van der Waals surface area (Å²) < 4.78 is 0. The molecule has 1 saturated heterocycles. The summed E-state index contributed by atoms with van der Waals surface area (Å²) in [5.41, 5.74) is 0.879. The topological polar surface area (TPSA) is 23.6 Å². The minimum Gasteiger partial charge on any atom is -0.336 e. The van der Waals surface area contributed by atoms with Gasteiger partial charge in [-0.3, -0.25) is 9.69 Å². The molecule has 1 aromatic carbocycles. The highest BCUT2D eigenvalue weighted by Crippen LogP contribution is 2.30. The number of anilines is 1. The van der Waals surface area contributed by atoms with Gasteiger partial charge in [0.05, 0.1) is 5.69 Å². The van der Waals surface area contributed by atoms with Gasteiger partial charge in [0.2, 0.25) is 0 Å². The van der Waals surface area contributed by atoms with Gasteiger partial charge in [0.15, 0.2) is 5.11 Å². The van der Waals surface area contributed by atoms with Crippen molar-refractivity contribution >= 4 is 28.9 Å². The Morgan fingerprint density at radius 3 is 2.45 bits per heavy atom. The number of carbonyl (C=O) groups is 1. The first-order valence-electron chi connectivity index (χ1n) is 8.31. The molecule has 1 aliphatic rings. The molecule has 0 aliphatic carbocycles. The highest BCUT2D eigenvalue weighted by atomic mass is 32.1. The fourth-order valence-electron chi connectivity index (χ4n) is 2.96. The largest absolute Gasteiger partial charge is 0.336 e. The standard InChI is InChI=1S/C18H26N2OS/c1-4-6-10-13-19-16(14(3)5-2)17(21)20(18(19)22)15-11-8-7-9-12-15/h7-9,11-12,14,16H,4-6,10,13H2,1-3H3/t14-,16-/m0/s1. The molecule has 2 atom stereocenters. The van der Waals surface area contributed by atoms with Crippen LogP contribution in [0.2, 0.25) is 0 Å². The van der Waals surface area contributed by atoms with Crippen molar-refractivity contribution in [2.45, 2.75) is 52.5 Å². The Hall–Kier alpha value is -1.42. The van der Waals surface area contributed by atoms with Gasteiger partial charge >= 0.3 is 0 Å². The minimum absolute atomic E-state index is 0.116. The average Bonchev–Trinajstić information content (AvgIpc) is 2.78. The highest BCUT2D eigenvalue weighted by molar-refractivity contribution is 7.80. The number of benzene rings is 1. The Labute approximate surface area is 139 Å².